The number of fused-ring (bicyclic) bond motifs is 2. The Kier molecular flexibility index (Phi) is 7.11. The molecule has 2 aromatic carbocycles. The van der Waals surface area contributed by atoms with Gasteiger partial charge in [-0.3, -0.25) is 9.69 Å². The van der Waals surface area contributed by atoms with E-state index in [9.17, 15) is 14.7 Å². The van der Waals surface area contributed by atoms with Crippen molar-refractivity contribution < 1.29 is 28.5 Å². The van der Waals surface area contributed by atoms with Gasteiger partial charge in [-0.25, -0.2) is 4.79 Å². The van der Waals surface area contributed by atoms with Gasteiger partial charge in [0, 0.05) is 12.6 Å². The number of phenolic OH excluding ortho intramolecular Hbond substituents is 1. The summed E-state index contributed by atoms with van der Waals surface area (Å²) in [7, 11) is 0. The summed E-state index contributed by atoms with van der Waals surface area (Å²) >= 11 is 0. The maximum Gasteiger partial charge on any atom is 0.375 e. The number of benzene rings is 2. The van der Waals surface area contributed by atoms with Crippen LogP contribution in [0.25, 0.3) is 22.1 Å². The first-order chi connectivity index (χ1) is 17.9. The minimum absolute atomic E-state index is 0.105. The van der Waals surface area contributed by atoms with E-state index in [-0.39, 0.29) is 34.7 Å². The fourth-order valence-corrected chi connectivity index (χ4v) is 5.26. The lowest BCUT2D eigenvalue weighted by atomic mass is 9.96. The molecule has 2 aliphatic rings. The molecular formula is C29H33NO7. The van der Waals surface area contributed by atoms with Crippen molar-refractivity contribution in [3.8, 4) is 28.4 Å². The van der Waals surface area contributed by atoms with Crippen LogP contribution in [-0.4, -0.2) is 48.4 Å². The molecule has 0 amide bonds. The molecule has 1 aromatic heterocycles. The molecule has 37 heavy (non-hydrogen) atoms. The number of phenols is 1. The molecule has 0 bridgehead atoms. The predicted molar refractivity (Wildman–Crippen MR) is 140 cm³/mol. The molecule has 0 saturated carbocycles. The number of carbonyl (C=O) groups excluding carboxylic acids is 1. The van der Waals surface area contributed by atoms with E-state index in [0.717, 1.165) is 19.4 Å². The molecule has 1 N–H and O–H groups in total. The first kappa shape index (κ1) is 25.1. The summed E-state index contributed by atoms with van der Waals surface area (Å²) in [5.74, 6) is 0.264. The van der Waals surface area contributed by atoms with Crippen LogP contribution in [0.1, 0.15) is 61.7 Å². The Morgan fingerprint density at radius 3 is 2.65 bits per heavy atom. The third-order valence-electron chi connectivity index (χ3n) is 7.30. The second kappa shape index (κ2) is 10.5. The number of carbonyl (C=O) groups is 1. The number of rotatable bonds is 6. The molecule has 3 aromatic rings. The molecule has 2 aliphatic heterocycles. The standard InChI is InChI=1S/C29H33NO7/c1-4-18-14-20-26(32)24(19-9-10-22-23(15-19)36-13-12-35-22)28(29(33)34-5-2)37-27(20)21(25(18)31)16-30-11-7-6-8-17(30)3/h9-10,14-15,17,31H,4-8,11-13,16H2,1-3H3/t17-/m0/s1. The van der Waals surface area contributed by atoms with Crippen molar-refractivity contribution in [1.82, 2.24) is 4.90 Å². The van der Waals surface area contributed by atoms with Crippen LogP contribution in [0.4, 0.5) is 0 Å². The molecule has 0 unspecified atom stereocenters. The van der Waals surface area contributed by atoms with Gasteiger partial charge in [0.15, 0.2) is 11.5 Å². The highest BCUT2D eigenvalue weighted by molar-refractivity contribution is 5.99. The van der Waals surface area contributed by atoms with E-state index in [1.807, 2.05) is 6.92 Å². The predicted octanol–water partition coefficient (Wildman–Crippen LogP) is 5.05. The number of aryl methyl sites for hydroxylation is 1. The summed E-state index contributed by atoms with van der Waals surface area (Å²) in [5, 5.41) is 11.5. The fourth-order valence-electron chi connectivity index (χ4n) is 5.26. The Balaban J connectivity index is 1.75. The smallest absolute Gasteiger partial charge is 0.375 e. The molecule has 5 rings (SSSR count). The maximum atomic E-state index is 14.1. The summed E-state index contributed by atoms with van der Waals surface area (Å²) in [6.07, 6.45) is 3.85. The number of aromatic hydroxyl groups is 1. The topological polar surface area (TPSA) is 98.4 Å². The molecular weight excluding hydrogens is 474 g/mol. The largest absolute Gasteiger partial charge is 0.507 e. The molecule has 3 heterocycles. The van der Waals surface area contributed by atoms with Crippen molar-refractivity contribution >= 4 is 16.9 Å². The second-order valence-electron chi connectivity index (χ2n) is 9.62. The first-order valence-electron chi connectivity index (χ1n) is 13.1. The van der Waals surface area contributed by atoms with E-state index >= 15 is 0 Å². The minimum Gasteiger partial charge on any atom is -0.507 e. The number of likely N-dealkylation sites (tertiary alicyclic amines) is 1. The van der Waals surface area contributed by atoms with Crippen LogP contribution in [0, 0.1) is 0 Å². The lowest BCUT2D eigenvalue weighted by Crippen LogP contribution is -2.36. The zero-order valence-electron chi connectivity index (χ0n) is 21.6. The Bertz CT molecular complexity index is 1390. The number of hydrogen-bond donors (Lipinski definition) is 1. The summed E-state index contributed by atoms with van der Waals surface area (Å²) in [5.41, 5.74) is 1.63. The van der Waals surface area contributed by atoms with Crippen LogP contribution in [-0.2, 0) is 17.7 Å². The van der Waals surface area contributed by atoms with E-state index in [1.165, 1.54) is 6.42 Å². The van der Waals surface area contributed by atoms with Crippen LogP contribution >= 0.6 is 0 Å². The summed E-state index contributed by atoms with van der Waals surface area (Å²) in [6.45, 7) is 8.08. The molecule has 8 nitrogen and oxygen atoms in total. The maximum absolute atomic E-state index is 14.1. The van der Waals surface area contributed by atoms with Crippen molar-refractivity contribution in [2.24, 2.45) is 0 Å². The van der Waals surface area contributed by atoms with Crippen LogP contribution in [0.15, 0.2) is 33.5 Å². The lowest BCUT2D eigenvalue weighted by molar-refractivity contribution is 0.0491. The lowest BCUT2D eigenvalue weighted by Gasteiger charge is -2.33. The number of ether oxygens (including phenoxy) is 3. The highest BCUT2D eigenvalue weighted by Gasteiger charge is 2.29. The zero-order valence-corrected chi connectivity index (χ0v) is 21.6. The van der Waals surface area contributed by atoms with Gasteiger partial charge in [-0.05, 0) is 69.0 Å². The highest BCUT2D eigenvalue weighted by atomic mass is 16.6. The summed E-state index contributed by atoms with van der Waals surface area (Å²) in [6, 6.07) is 7.14. The van der Waals surface area contributed by atoms with Gasteiger partial charge in [0.2, 0.25) is 11.2 Å². The highest BCUT2D eigenvalue weighted by Crippen LogP contribution is 2.38. The molecule has 1 atom stereocenters. The molecule has 8 heteroatoms. The van der Waals surface area contributed by atoms with Gasteiger partial charge in [0.25, 0.3) is 0 Å². The Morgan fingerprint density at radius 1 is 1.14 bits per heavy atom. The minimum atomic E-state index is -0.734. The third kappa shape index (κ3) is 4.66. The second-order valence-corrected chi connectivity index (χ2v) is 9.62. The zero-order chi connectivity index (χ0) is 26.1. The van der Waals surface area contributed by atoms with E-state index in [1.54, 1.807) is 31.2 Å². The van der Waals surface area contributed by atoms with Crippen molar-refractivity contribution in [2.45, 2.75) is 59.0 Å². The van der Waals surface area contributed by atoms with Gasteiger partial charge in [-0.2, -0.15) is 0 Å². The summed E-state index contributed by atoms with van der Waals surface area (Å²) in [4.78, 5) is 29.5. The van der Waals surface area contributed by atoms with Crippen LogP contribution in [0.2, 0.25) is 0 Å². The Labute approximate surface area is 215 Å². The van der Waals surface area contributed by atoms with Gasteiger partial charge in [-0.15, -0.1) is 0 Å². The SMILES string of the molecule is CCOC(=O)c1oc2c(CN3CCCC[C@@H]3C)c(O)c(CC)cc2c(=O)c1-c1ccc2c(c1)OCCO2. The van der Waals surface area contributed by atoms with Crippen molar-refractivity contribution in [3.63, 3.8) is 0 Å². The van der Waals surface area contributed by atoms with E-state index < -0.39 is 5.97 Å². The number of esters is 1. The monoisotopic (exact) mass is 507 g/mol. The molecule has 0 spiro atoms. The van der Waals surface area contributed by atoms with E-state index in [4.69, 9.17) is 18.6 Å². The van der Waals surface area contributed by atoms with Crippen LogP contribution < -0.4 is 14.9 Å². The average Bonchev–Trinajstić information content (AvgIpc) is 2.91. The van der Waals surface area contributed by atoms with Crippen LogP contribution in [0.5, 0.6) is 17.2 Å². The van der Waals surface area contributed by atoms with Crippen LogP contribution in [0.3, 0.4) is 0 Å². The van der Waals surface area contributed by atoms with Gasteiger partial charge < -0.3 is 23.7 Å². The number of nitrogens with zero attached hydrogens (tertiary/aromatic N) is 1. The van der Waals surface area contributed by atoms with E-state index in [0.29, 0.717) is 65.8 Å². The van der Waals surface area contributed by atoms with Gasteiger partial charge in [0.1, 0.15) is 24.5 Å². The third-order valence-corrected chi connectivity index (χ3v) is 7.30. The van der Waals surface area contributed by atoms with Crippen molar-refractivity contribution in [1.29, 1.82) is 0 Å². The quantitative estimate of drug-likeness (QED) is 0.463. The van der Waals surface area contributed by atoms with E-state index in [2.05, 4.69) is 11.8 Å². The molecule has 1 saturated heterocycles. The van der Waals surface area contributed by atoms with Crippen molar-refractivity contribution in [3.05, 3.63) is 51.4 Å². The summed E-state index contributed by atoms with van der Waals surface area (Å²) < 4.78 is 22.9. The van der Waals surface area contributed by atoms with Gasteiger partial charge in [-0.1, -0.05) is 19.4 Å². The molecule has 0 aliphatic carbocycles. The average molecular weight is 508 g/mol. The molecule has 0 radical (unpaired) electrons. The Morgan fingerprint density at radius 2 is 1.92 bits per heavy atom. The van der Waals surface area contributed by atoms with Gasteiger partial charge >= 0.3 is 5.97 Å². The van der Waals surface area contributed by atoms with Gasteiger partial charge in [0.05, 0.1) is 23.1 Å². The number of hydrogen-bond acceptors (Lipinski definition) is 8. The molecule has 196 valence electrons. The fraction of sp³-hybridized carbons (Fsp3) is 0.448. The molecule has 1 fully saturated rings. The Hall–Kier alpha value is -3.52. The van der Waals surface area contributed by atoms with Crippen molar-refractivity contribution in [2.75, 3.05) is 26.4 Å². The first-order valence-corrected chi connectivity index (χ1v) is 13.1. The normalized spacial score (nSPS) is 17.6. The number of piperidine rings is 1.